The number of amides is 2. The molecule has 0 bridgehead atoms. The van der Waals surface area contributed by atoms with Crippen LogP contribution in [0.1, 0.15) is 36.3 Å². The van der Waals surface area contributed by atoms with Crippen molar-refractivity contribution in [3.05, 3.63) is 47.2 Å². The van der Waals surface area contributed by atoms with Gasteiger partial charge in [0.15, 0.2) is 6.04 Å². The minimum Gasteiger partial charge on any atom is -0.458 e. The van der Waals surface area contributed by atoms with Gasteiger partial charge in [-0.25, -0.2) is 19.2 Å². The minimum atomic E-state index is -4.85. The highest BCUT2D eigenvalue weighted by atomic mass is 19.4. The van der Waals surface area contributed by atoms with Gasteiger partial charge in [0.2, 0.25) is 5.95 Å². The number of nitrogens with zero attached hydrogens (tertiary/aromatic N) is 2. The van der Waals surface area contributed by atoms with Crippen LogP contribution in [0.4, 0.5) is 34.0 Å². The van der Waals surface area contributed by atoms with Crippen LogP contribution in [0.5, 0.6) is 0 Å². The van der Waals surface area contributed by atoms with E-state index >= 15 is 0 Å². The van der Waals surface area contributed by atoms with Crippen LogP contribution in [0.15, 0.2) is 28.9 Å². The van der Waals surface area contributed by atoms with Crippen molar-refractivity contribution in [2.24, 2.45) is 0 Å². The fraction of sp³-hybridized carbons (Fsp3) is 0.350. The van der Waals surface area contributed by atoms with E-state index in [0.717, 1.165) is 18.6 Å². The van der Waals surface area contributed by atoms with Crippen molar-refractivity contribution in [3.63, 3.8) is 0 Å². The molecule has 0 unspecified atom stereocenters. The SMILES string of the molecule is CCCNc1ncc(NC(=O)N[C@H](c2oc3c(C)cc(F)cc3c2C)C(F)(F)F)cn1. The van der Waals surface area contributed by atoms with Gasteiger partial charge in [-0.15, -0.1) is 0 Å². The zero-order chi connectivity index (χ0) is 22.8. The summed E-state index contributed by atoms with van der Waals surface area (Å²) in [5.41, 5.74) is 0.687. The molecule has 0 aliphatic carbocycles. The number of fused-ring (bicyclic) bond motifs is 1. The van der Waals surface area contributed by atoms with E-state index in [9.17, 15) is 22.4 Å². The molecule has 3 aromatic rings. The summed E-state index contributed by atoms with van der Waals surface area (Å²) in [5, 5.41) is 7.29. The average molecular weight is 439 g/mol. The van der Waals surface area contributed by atoms with E-state index in [4.69, 9.17) is 4.42 Å². The maximum Gasteiger partial charge on any atom is 0.416 e. The van der Waals surface area contributed by atoms with Gasteiger partial charge in [-0.3, -0.25) is 0 Å². The first kappa shape index (κ1) is 22.3. The highest BCUT2D eigenvalue weighted by Gasteiger charge is 2.45. The Morgan fingerprint density at radius 1 is 1.19 bits per heavy atom. The van der Waals surface area contributed by atoms with Gasteiger partial charge < -0.3 is 20.4 Å². The smallest absolute Gasteiger partial charge is 0.416 e. The predicted molar refractivity (Wildman–Crippen MR) is 107 cm³/mol. The Kier molecular flexibility index (Phi) is 6.32. The number of alkyl halides is 3. The van der Waals surface area contributed by atoms with Gasteiger partial charge in [0.25, 0.3) is 0 Å². The molecule has 0 saturated heterocycles. The van der Waals surface area contributed by atoms with Crippen molar-refractivity contribution in [1.29, 1.82) is 0 Å². The first-order valence-corrected chi connectivity index (χ1v) is 9.49. The van der Waals surface area contributed by atoms with Gasteiger partial charge >= 0.3 is 12.2 Å². The molecule has 0 spiro atoms. The van der Waals surface area contributed by atoms with Crippen LogP contribution >= 0.6 is 0 Å². The number of aryl methyl sites for hydroxylation is 2. The van der Waals surface area contributed by atoms with Crippen LogP contribution in [0.2, 0.25) is 0 Å². The monoisotopic (exact) mass is 439 g/mol. The topological polar surface area (TPSA) is 92.1 Å². The number of hydrogen-bond donors (Lipinski definition) is 3. The molecule has 2 heterocycles. The van der Waals surface area contributed by atoms with Gasteiger partial charge in [-0.2, -0.15) is 13.2 Å². The zero-order valence-electron chi connectivity index (χ0n) is 17.0. The molecule has 3 rings (SSSR count). The Hall–Kier alpha value is -3.37. The number of anilines is 2. The van der Waals surface area contributed by atoms with Crippen molar-refractivity contribution in [3.8, 4) is 0 Å². The van der Waals surface area contributed by atoms with Crippen molar-refractivity contribution in [1.82, 2.24) is 15.3 Å². The summed E-state index contributed by atoms with van der Waals surface area (Å²) in [6.45, 7) is 5.53. The van der Waals surface area contributed by atoms with Gasteiger partial charge in [0.1, 0.15) is 17.2 Å². The quantitative estimate of drug-likeness (QED) is 0.458. The molecular weight excluding hydrogens is 418 g/mol. The lowest BCUT2D eigenvalue weighted by atomic mass is 10.1. The second-order valence-corrected chi connectivity index (χ2v) is 6.99. The number of rotatable bonds is 6. The first-order chi connectivity index (χ1) is 14.6. The molecule has 7 nitrogen and oxygen atoms in total. The maximum absolute atomic E-state index is 13.8. The van der Waals surface area contributed by atoms with Crippen molar-refractivity contribution in [2.45, 2.75) is 39.4 Å². The molecule has 2 amide bonds. The van der Waals surface area contributed by atoms with E-state index in [1.54, 1.807) is 0 Å². The standard InChI is InChI=1S/C20H21F4N5O2/c1-4-5-25-18-26-8-13(9-27-18)28-19(30)29-17(20(22,23)24)16-11(3)14-7-12(21)6-10(2)15(14)31-16/h6-9,17H,4-5H2,1-3H3,(H,25,26,27)(H2,28,29,30)/t17-/m1/s1. The molecule has 0 aliphatic heterocycles. The summed E-state index contributed by atoms with van der Waals surface area (Å²) < 4.78 is 60.4. The van der Waals surface area contributed by atoms with E-state index in [0.29, 0.717) is 18.1 Å². The molecule has 166 valence electrons. The Balaban J connectivity index is 1.83. The number of nitrogens with one attached hydrogen (secondary N) is 3. The first-order valence-electron chi connectivity index (χ1n) is 9.49. The van der Waals surface area contributed by atoms with Crippen LogP contribution in [-0.2, 0) is 0 Å². The lowest BCUT2D eigenvalue weighted by Crippen LogP contribution is -2.40. The van der Waals surface area contributed by atoms with E-state index < -0.39 is 29.8 Å². The fourth-order valence-corrected chi connectivity index (χ4v) is 3.05. The van der Waals surface area contributed by atoms with E-state index in [1.165, 1.54) is 26.2 Å². The Morgan fingerprint density at radius 2 is 1.87 bits per heavy atom. The van der Waals surface area contributed by atoms with Crippen LogP contribution < -0.4 is 16.0 Å². The predicted octanol–water partition coefficient (Wildman–Crippen LogP) is 5.23. The van der Waals surface area contributed by atoms with Crippen LogP contribution in [0.25, 0.3) is 11.0 Å². The summed E-state index contributed by atoms with van der Waals surface area (Å²) in [5.74, 6) is -0.769. The highest BCUT2D eigenvalue weighted by Crippen LogP contribution is 2.39. The second-order valence-electron chi connectivity index (χ2n) is 6.99. The highest BCUT2D eigenvalue weighted by molar-refractivity contribution is 5.90. The van der Waals surface area contributed by atoms with Gasteiger partial charge in [-0.1, -0.05) is 6.92 Å². The maximum atomic E-state index is 13.8. The molecule has 31 heavy (non-hydrogen) atoms. The van der Waals surface area contributed by atoms with E-state index in [-0.39, 0.29) is 22.2 Å². The summed E-state index contributed by atoms with van der Waals surface area (Å²) in [7, 11) is 0. The van der Waals surface area contributed by atoms with Crippen LogP contribution in [0.3, 0.4) is 0 Å². The summed E-state index contributed by atoms with van der Waals surface area (Å²) in [6.07, 6.45) is -1.46. The fourth-order valence-electron chi connectivity index (χ4n) is 3.05. The average Bonchev–Trinajstić information content (AvgIpc) is 3.01. The second kappa shape index (κ2) is 8.78. The number of aromatic nitrogens is 2. The molecule has 1 aromatic carbocycles. The Bertz CT molecular complexity index is 1080. The number of halogens is 4. The normalized spacial score (nSPS) is 12.6. The molecule has 1 atom stereocenters. The molecule has 0 aliphatic rings. The lowest BCUT2D eigenvalue weighted by molar-refractivity contribution is -0.158. The largest absolute Gasteiger partial charge is 0.458 e. The number of hydrogen-bond acceptors (Lipinski definition) is 5. The summed E-state index contributed by atoms with van der Waals surface area (Å²) in [6, 6.07) is -1.29. The van der Waals surface area contributed by atoms with Gasteiger partial charge in [-0.05, 0) is 38.0 Å². The number of benzene rings is 1. The van der Waals surface area contributed by atoms with Crippen molar-refractivity contribution >= 4 is 28.6 Å². The van der Waals surface area contributed by atoms with Crippen LogP contribution in [-0.4, -0.2) is 28.7 Å². The molecule has 2 aromatic heterocycles. The van der Waals surface area contributed by atoms with E-state index in [2.05, 4.69) is 20.6 Å². The van der Waals surface area contributed by atoms with E-state index in [1.807, 2.05) is 12.2 Å². The zero-order valence-corrected chi connectivity index (χ0v) is 17.0. The number of carbonyl (C=O) groups is 1. The lowest BCUT2D eigenvalue weighted by Gasteiger charge is -2.20. The molecular formula is C20H21F4N5O2. The van der Waals surface area contributed by atoms with Crippen molar-refractivity contribution < 1.29 is 26.8 Å². The third-order valence-corrected chi connectivity index (χ3v) is 4.53. The Labute approximate surface area is 175 Å². The van der Waals surface area contributed by atoms with Crippen molar-refractivity contribution in [2.75, 3.05) is 17.2 Å². The van der Waals surface area contributed by atoms with Crippen LogP contribution in [0, 0.1) is 19.7 Å². The molecule has 3 N–H and O–H groups in total. The third-order valence-electron chi connectivity index (χ3n) is 4.53. The molecule has 0 radical (unpaired) electrons. The summed E-state index contributed by atoms with van der Waals surface area (Å²) >= 11 is 0. The molecule has 0 fully saturated rings. The minimum absolute atomic E-state index is 0.0925. The molecule has 11 heteroatoms. The number of furan rings is 1. The molecule has 0 saturated carbocycles. The third kappa shape index (κ3) is 5.04. The number of carbonyl (C=O) groups excluding carboxylic acids is 1. The van der Waals surface area contributed by atoms with Gasteiger partial charge in [0.05, 0.1) is 18.1 Å². The number of urea groups is 1. The Morgan fingerprint density at radius 3 is 2.48 bits per heavy atom. The van der Waals surface area contributed by atoms with Gasteiger partial charge in [0, 0.05) is 17.5 Å². The summed E-state index contributed by atoms with van der Waals surface area (Å²) in [4.78, 5) is 20.2.